The summed E-state index contributed by atoms with van der Waals surface area (Å²) in [4.78, 5) is 75.2. The first kappa shape index (κ1) is 102. The number of hydrogen-bond acceptors (Lipinski definition) is 41. The summed E-state index contributed by atoms with van der Waals surface area (Å²) in [5.74, 6) is -11.8. The number of methoxy groups -OCH3 is 4. The highest BCUT2D eigenvalue weighted by Gasteiger charge is 2.51. The fourth-order valence-corrected chi connectivity index (χ4v) is 14.7. The Bertz CT molecular complexity index is 3900. The predicted molar refractivity (Wildman–Crippen MR) is 417 cm³/mol. The molecule has 0 saturated carbocycles. The van der Waals surface area contributed by atoms with Gasteiger partial charge in [-0.25, -0.2) is 0 Å². The van der Waals surface area contributed by atoms with E-state index in [0.717, 1.165) is 20.8 Å². The molecule has 21 N–H and O–H groups in total. The minimum atomic E-state index is -2.30. The van der Waals surface area contributed by atoms with Crippen LogP contribution in [0.1, 0.15) is 81.5 Å². The van der Waals surface area contributed by atoms with Gasteiger partial charge in [0.1, 0.15) is 124 Å². The third-order valence-corrected chi connectivity index (χ3v) is 21.7. The molecule has 0 aromatic heterocycles. The number of aliphatic hydroxyl groups is 15. The van der Waals surface area contributed by atoms with Gasteiger partial charge in [0.25, 0.3) is 0 Å². The van der Waals surface area contributed by atoms with Gasteiger partial charge < -0.3 is 183 Å². The maximum Gasteiger partial charge on any atom is 0.308 e. The number of carbonyl (C=O) groups is 6. The molecule has 0 aliphatic carbocycles. The van der Waals surface area contributed by atoms with Gasteiger partial charge in [-0.05, 0) is 141 Å². The smallest absolute Gasteiger partial charge is 0.308 e. The van der Waals surface area contributed by atoms with E-state index < -0.39 is 290 Å². The average molecular weight is 1790 g/mol. The molecule has 4 aromatic rings. The summed E-state index contributed by atoms with van der Waals surface area (Å²) in [6.07, 6.45) is -43.0. The summed E-state index contributed by atoms with van der Waals surface area (Å²) in [5, 5.41) is 227. The molecule has 26 atom stereocenters. The Labute approximate surface area is 715 Å². The molecule has 0 radical (unpaired) electrons. The van der Waals surface area contributed by atoms with E-state index in [4.69, 9.17) is 86.0 Å². The van der Waals surface area contributed by atoms with Crippen molar-refractivity contribution in [2.45, 2.75) is 225 Å². The van der Waals surface area contributed by atoms with Crippen molar-refractivity contribution in [2.24, 2.45) is 23.7 Å². The standard InChI is InChI=1S/C82H114O43/c1-80(107,24-58(87)88)26-60(91)114-34-54-64(95)68(99)72(103)76(122-54)118-30-42(16-38-8-12-46(83)50(20-38)110-4)44(18-40-10-14-48(85)52(22-40)112-6)32-120-78-74(105)70(101)66(97)56(124-78)36-116-62(93)28-82(3,109)29-63(94)117-37-57-67(98)71(102)75(106)79(125-57)121-33-45(19-41-11-15-49(86)53(23-41)113-7)43(17-39-9-13-47(84)51(21-39)111-5)31-119-77-73(104)69(100)65(96)55(123-77)35-115-61(92)27-81(2,108)25-59(89)90/h8-15,20-23,42-45,54-57,64-79,83-86,95-109H,16-19,24-37H2,1-7H3,(H,87,88)(H,89,90)/t42-,43-,44-,45-,54-,55-,56-,57-,64-,65-,66-,67-,68+,69+,70+,71+,72-,73-,74-,75-,76-,77-,78-,79-,80-,81-/m1/s1. The van der Waals surface area contributed by atoms with Crippen LogP contribution in [0.4, 0.5) is 0 Å². The van der Waals surface area contributed by atoms with Gasteiger partial charge in [-0.15, -0.1) is 0 Å². The Balaban J connectivity index is 0.926. The topological polar surface area (TPSA) is 675 Å². The van der Waals surface area contributed by atoms with Gasteiger partial charge in [-0.2, -0.15) is 0 Å². The van der Waals surface area contributed by atoms with E-state index in [0.29, 0.717) is 22.3 Å². The van der Waals surface area contributed by atoms with Crippen LogP contribution in [-0.2, 0) is 111 Å². The largest absolute Gasteiger partial charge is 0.504 e. The summed E-state index contributed by atoms with van der Waals surface area (Å²) in [5.41, 5.74) is -4.44. The molecule has 4 fully saturated rings. The van der Waals surface area contributed by atoms with Gasteiger partial charge >= 0.3 is 35.8 Å². The Hall–Kier alpha value is -8.82. The number of esters is 4. The Morgan fingerprint density at radius 3 is 0.688 bits per heavy atom. The second-order valence-corrected chi connectivity index (χ2v) is 32.3. The molecule has 700 valence electrons. The normalized spacial score (nSPS) is 28.4. The van der Waals surface area contributed by atoms with E-state index in [9.17, 15) is 126 Å². The number of carboxylic acids is 2. The lowest BCUT2D eigenvalue weighted by Crippen LogP contribution is -2.60. The average Bonchev–Trinajstić information content (AvgIpc) is 0.814. The first-order valence-corrected chi connectivity index (χ1v) is 39.7. The summed E-state index contributed by atoms with van der Waals surface area (Å²) < 4.78 is 91.0. The highest BCUT2D eigenvalue weighted by molar-refractivity contribution is 5.76. The van der Waals surface area contributed by atoms with Crippen molar-refractivity contribution in [3.05, 3.63) is 95.1 Å². The van der Waals surface area contributed by atoms with Crippen molar-refractivity contribution in [3.8, 4) is 46.0 Å². The van der Waals surface area contributed by atoms with Crippen LogP contribution in [0.25, 0.3) is 0 Å². The van der Waals surface area contributed by atoms with Crippen molar-refractivity contribution in [1.29, 1.82) is 0 Å². The molecule has 0 unspecified atom stereocenters. The second-order valence-electron chi connectivity index (χ2n) is 32.3. The molecule has 125 heavy (non-hydrogen) atoms. The van der Waals surface area contributed by atoms with Crippen LogP contribution in [0.2, 0.25) is 0 Å². The van der Waals surface area contributed by atoms with Crippen molar-refractivity contribution in [2.75, 3.05) is 81.3 Å². The van der Waals surface area contributed by atoms with Crippen LogP contribution in [0, 0.1) is 23.7 Å². The number of rotatable bonds is 46. The van der Waals surface area contributed by atoms with Crippen molar-refractivity contribution < 1.29 is 212 Å². The van der Waals surface area contributed by atoms with E-state index >= 15 is 0 Å². The number of aliphatic carboxylic acids is 2. The lowest BCUT2D eigenvalue weighted by atomic mass is 9.83. The zero-order chi connectivity index (χ0) is 92.3. The molecule has 4 aliphatic heterocycles. The summed E-state index contributed by atoms with van der Waals surface area (Å²) in [6, 6.07) is 17.5. The van der Waals surface area contributed by atoms with Gasteiger partial charge in [-0.3, -0.25) is 28.8 Å². The van der Waals surface area contributed by atoms with Crippen LogP contribution >= 0.6 is 0 Å². The third kappa shape index (κ3) is 29.1. The number of aliphatic hydroxyl groups excluding tert-OH is 12. The number of aromatic hydroxyl groups is 4. The highest BCUT2D eigenvalue weighted by Crippen LogP contribution is 2.39. The van der Waals surface area contributed by atoms with Gasteiger partial charge in [-0.1, -0.05) is 24.3 Å². The summed E-state index contributed by atoms with van der Waals surface area (Å²) >= 11 is 0. The molecule has 0 amide bonds. The number of carboxylic acid groups (broad SMARTS) is 2. The molecule has 4 aromatic carbocycles. The number of ether oxygens (including phenoxy) is 16. The molecular weight excluding hydrogens is 1670 g/mol. The maximum atomic E-state index is 13.6. The Morgan fingerprint density at radius 2 is 0.504 bits per heavy atom. The molecule has 0 spiro atoms. The number of phenolic OH excluding ortho intramolecular Hbond substituents is 4. The predicted octanol–water partition coefficient (Wildman–Crippen LogP) is -3.49. The van der Waals surface area contributed by atoms with E-state index in [1.165, 1.54) is 101 Å². The number of carbonyl (C=O) groups excluding carboxylic acids is 4. The van der Waals surface area contributed by atoms with Crippen LogP contribution in [0.5, 0.6) is 46.0 Å². The highest BCUT2D eigenvalue weighted by atomic mass is 16.7. The van der Waals surface area contributed by atoms with Crippen LogP contribution < -0.4 is 18.9 Å². The van der Waals surface area contributed by atoms with Crippen molar-refractivity contribution in [3.63, 3.8) is 0 Å². The fraction of sp³-hybridized carbons (Fsp3) is 0.634. The zero-order valence-electron chi connectivity index (χ0n) is 69.4. The fourth-order valence-electron chi connectivity index (χ4n) is 14.7. The molecule has 8 rings (SSSR count). The van der Waals surface area contributed by atoms with Gasteiger partial charge in [0.15, 0.2) is 71.2 Å². The van der Waals surface area contributed by atoms with E-state index in [-0.39, 0.29) is 71.7 Å². The van der Waals surface area contributed by atoms with Gasteiger partial charge in [0, 0.05) is 0 Å². The van der Waals surface area contributed by atoms with Crippen LogP contribution in [0.15, 0.2) is 72.8 Å². The van der Waals surface area contributed by atoms with E-state index in [2.05, 4.69) is 0 Å². The van der Waals surface area contributed by atoms with Crippen LogP contribution in [-0.4, -0.2) is 364 Å². The molecule has 4 aliphatic rings. The zero-order valence-corrected chi connectivity index (χ0v) is 69.4. The Morgan fingerprint density at radius 1 is 0.312 bits per heavy atom. The molecule has 4 saturated heterocycles. The van der Waals surface area contributed by atoms with Gasteiger partial charge in [0.2, 0.25) is 0 Å². The maximum absolute atomic E-state index is 13.6. The third-order valence-electron chi connectivity index (χ3n) is 21.7. The lowest BCUT2D eigenvalue weighted by Gasteiger charge is -2.41. The van der Waals surface area contributed by atoms with Crippen molar-refractivity contribution in [1.82, 2.24) is 0 Å². The molecule has 43 heteroatoms. The quantitative estimate of drug-likeness (QED) is 0.0151. The second kappa shape index (κ2) is 45.7. The van der Waals surface area contributed by atoms with E-state index in [1.807, 2.05) is 0 Å². The van der Waals surface area contributed by atoms with Crippen LogP contribution in [0.3, 0.4) is 0 Å². The number of benzene rings is 4. The molecule has 4 heterocycles. The molecule has 0 bridgehead atoms. The first-order chi connectivity index (χ1) is 58.8. The Kier molecular flexibility index (Phi) is 37.2. The van der Waals surface area contributed by atoms with Gasteiger partial charge in [0.05, 0.1) is 110 Å². The molecular formula is C82H114O43. The SMILES string of the molecule is COc1cc(C[C@H](CO[C@@H]2O[C@H](COC(=O)CC(C)(O)CC(=O)OC[C@H]3O[C@@H](OC[C@@H](Cc4ccc(O)c(OC)c4)[C@@H](CO[C@@H]4O[C@H](COC(=O)C[C@](C)(O)CC(=O)O)[C@@H](O)[C@H](O)[C@H]4O)Cc4ccc(O)c(OC)c4)[C@H](O)[C@@H](O)[C@@H]3O)[C@@H](O)[C@H](O)[C@H]2O)[C@@H](CO[C@@H]2O[C@H](COC(=O)C[C@](C)(O)CC(=O)O)[C@@H](O)[C@H](O)[C@H]2O)Cc2ccc(O)c(OC)c2)ccc1O. The molecule has 43 nitrogen and oxygen atoms in total. The minimum Gasteiger partial charge on any atom is -0.504 e. The number of hydrogen-bond donors (Lipinski definition) is 21. The first-order valence-electron chi connectivity index (χ1n) is 39.7. The summed E-state index contributed by atoms with van der Waals surface area (Å²) in [7, 11) is 5.19. The number of phenols is 4. The van der Waals surface area contributed by atoms with Crippen molar-refractivity contribution >= 4 is 35.8 Å². The summed E-state index contributed by atoms with van der Waals surface area (Å²) in [6.45, 7) is -2.00. The minimum absolute atomic E-state index is 0.0141. The van der Waals surface area contributed by atoms with E-state index in [1.54, 1.807) is 0 Å². The lowest BCUT2D eigenvalue weighted by molar-refractivity contribution is -0.309. The monoisotopic (exact) mass is 1790 g/mol.